The normalized spacial score (nSPS) is 16.4. The van der Waals surface area contributed by atoms with Gasteiger partial charge in [-0.15, -0.1) is 0 Å². The molecule has 0 spiro atoms. The molecule has 5 nitrogen and oxygen atoms in total. The largest absolute Gasteiger partial charge is 0.479 e. The number of aryl methyl sites for hydroxylation is 1. The number of aromatic nitrogens is 4. The van der Waals surface area contributed by atoms with E-state index in [1.54, 1.807) is 6.20 Å². The minimum atomic E-state index is -0.176. The molecule has 0 bridgehead atoms. The molecule has 0 amide bonds. The Balaban J connectivity index is 2.33. The summed E-state index contributed by atoms with van der Waals surface area (Å²) in [6.45, 7) is 1.87. The molecule has 0 atom stereocenters. The predicted octanol–water partition coefficient (Wildman–Crippen LogP) is 1.18. The maximum absolute atomic E-state index is 9.22. The molecule has 0 aromatic carbocycles. The van der Waals surface area contributed by atoms with E-state index >= 15 is 0 Å². The SMILES string of the molecule is Cc1nc(O)nc2cnn(C3CC3)c12. The molecule has 0 saturated heterocycles. The highest BCUT2D eigenvalue weighted by atomic mass is 16.3. The average molecular weight is 190 g/mol. The van der Waals surface area contributed by atoms with E-state index in [-0.39, 0.29) is 6.01 Å². The zero-order chi connectivity index (χ0) is 9.71. The Hall–Kier alpha value is -1.65. The molecule has 2 heterocycles. The van der Waals surface area contributed by atoms with E-state index in [0.29, 0.717) is 6.04 Å². The topological polar surface area (TPSA) is 63.8 Å². The highest BCUT2D eigenvalue weighted by Gasteiger charge is 2.27. The van der Waals surface area contributed by atoms with Crippen LogP contribution in [0.2, 0.25) is 0 Å². The lowest BCUT2D eigenvalue weighted by atomic mass is 10.3. The van der Waals surface area contributed by atoms with Gasteiger partial charge in [-0.2, -0.15) is 15.1 Å². The maximum atomic E-state index is 9.22. The third-order valence-corrected chi connectivity index (χ3v) is 2.50. The zero-order valence-electron chi connectivity index (χ0n) is 7.80. The fourth-order valence-electron chi connectivity index (χ4n) is 1.72. The van der Waals surface area contributed by atoms with E-state index in [2.05, 4.69) is 15.1 Å². The number of aromatic hydroxyl groups is 1. The van der Waals surface area contributed by atoms with Crippen LogP contribution in [-0.2, 0) is 0 Å². The van der Waals surface area contributed by atoms with Crippen LogP contribution in [0.4, 0.5) is 0 Å². The van der Waals surface area contributed by atoms with E-state index in [4.69, 9.17) is 0 Å². The van der Waals surface area contributed by atoms with E-state index in [9.17, 15) is 5.11 Å². The van der Waals surface area contributed by atoms with Crippen LogP contribution >= 0.6 is 0 Å². The molecule has 0 unspecified atom stereocenters. The van der Waals surface area contributed by atoms with Gasteiger partial charge >= 0.3 is 6.01 Å². The number of hydrogen-bond donors (Lipinski definition) is 1. The number of rotatable bonds is 1. The first-order chi connectivity index (χ1) is 6.75. The summed E-state index contributed by atoms with van der Waals surface area (Å²) in [4.78, 5) is 7.86. The molecule has 1 saturated carbocycles. The minimum absolute atomic E-state index is 0.176. The van der Waals surface area contributed by atoms with Crippen LogP contribution < -0.4 is 0 Å². The molecule has 1 N–H and O–H groups in total. The Morgan fingerprint density at radius 2 is 2.21 bits per heavy atom. The Bertz CT molecular complexity index is 501. The molecule has 2 aromatic rings. The molecular formula is C9H10N4O. The summed E-state index contributed by atoms with van der Waals surface area (Å²) in [6, 6.07) is 0.338. The highest BCUT2D eigenvalue weighted by molar-refractivity contribution is 5.76. The first-order valence-electron chi connectivity index (χ1n) is 4.66. The first kappa shape index (κ1) is 7.73. The van der Waals surface area contributed by atoms with Crippen molar-refractivity contribution in [3.05, 3.63) is 11.9 Å². The summed E-state index contributed by atoms with van der Waals surface area (Å²) in [7, 11) is 0. The van der Waals surface area contributed by atoms with Crippen molar-refractivity contribution < 1.29 is 5.11 Å². The van der Waals surface area contributed by atoms with Crippen LogP contribution in [0.3, 0.4) is 0 Å². The van der Waals surface area contributed by atoms with Gasteiger partial charge in [0.25, 0.3) is 0 Å². The van der Waals surface area contributed by atoms with Crippen LogP contribution in [0.15, 0.2) is 6.20 Å². The van der Waals surface area contributed by atoms with Gasteiger partial charge in [0.1, 0.15) is 11.0 Å². The Morgan fingerprint density at radius 3 is 2.93 bits per heavy atom. The Kier molecular flexibility index (Phi) is 1.34. The van der Waals surface area contributed by atoms with E-state index in [1.165, 1.54) is 12.8 Å². The molecule has 2 aromatic heterocycles. The van der Waals surface area contributed by atoms with Crippen LogP contribution in [0.5, 0.6) is 6.01 Å². The third-order valence-electron chi connectivity index (χ3n) is 2.50. The molecule has 14 heavy (non-hydrogen) atoms. The van der Waals surface area contributed by atoms with Crippen molar-refractivity contribution in [2.24, 2.45) is 0 Å². The van der Waals surface area contributed by atoms with Gasteiger partial charge < -0.3 is 5.11 Å². The van der Waals surface area contributed by atoms with Gasteiger partial charge in [0.05, 0.1) is 17.9 Å². The lowest BCUT2D eigenvalue weighted by Crippen LogP contribution is -1.98. The van der Waals surface area contributed by atoms with E-state index in [0.717, 1.165) is 16.7 Å². The monoisotopic (exact) mass is 190 g/mol. The second-order valence-electron chi connectivity index (χ2n) is 3.66. The highest BCUT2D eigenvalue weighted by Crippen LogP contribution is 2.36. The Labute approximate surface area is 80.4 Å². The fourth-order valence-corrected chi connectivity index (χ4v) is 1.72. The van der Waals surface area contributed by atoms with E-state index in [1.807, 2.05) is 11.6 Å². The second kappa shape index (κ2) is 2.43. The standard InChI is InChI=1S/C9H10N4O/c1-5-8-7(12-9(14)11-5)4-10-13(8)6-2-3-6/h4,6H,2-3H2,1H3,(H,11,12,14). The summed E-state index contributed by atoms with van der Waals surface area (Å²) in [6.07, 6.45) is 4.04. The molecular weight excluding hydrogens is 180 g/mol. The number of nitrogens with zero attached hydrogens (tertiary/aromatic N) is 4. The van der Waals surface area contributed by atoms with Gasteiger partial charge in [0.2, 0.25) is 0 Å². The molecule has 5 heteroatoms. The molecule has 72 valence electrons. The molecule has 1 aliphatic carbocycles. The molecule has 1 fully saturated rings. The summed E-state index contributed by atoms with van der Waals surface area (Å²) >= 11 is 0. The van der Waals surface area contributed by atoms with Crippen molar-refractivity contribution in [3.63, 3.8) is 0 Å². The van der Waals surface area contributed by atoms with Gasteiger partial charge in [-0.05, 0) is 19.8 Å². The second-order valence-corrected chi connectivity index (χ2v) is 3.66. The van der Waals surface area contributed by atoms with Gasteiger partial charge in [-0.25, -0.2) is 0 Å². The van der Waals surface area contributed by atoms with Crippen LogP contribution in [0, 0.1) is 6.92 Å². The van der Waals surface area contributed by atoms with Crippen molar-refractivity contribution in [2.45, 2.75) is 25.8 Å². The maximum Gasteiger partial charge on any atom is 0.314 e. The van der Waals surface area contributed by atoms with E-state index < -0.39 is 0 Å². The van der Waals surface area contributed by atoms with Gasteiger partial charge in [0, 0.05) is 0 Å². The number of hydrogen-bond acceptors (Lipinski definition) is 4. The van der Waals surface area contributed by atoms with Crippen LogP contribution in [-0.4, -0.2) is 24.9 Å². The molecule has 0 radical (unpaired) electrons. The van der Waals surface area contributed by atoms with Crippen molar-refractivity contribution in [1.82, 2.24) is 19.7 Å². The van der Waals surface area contributed by atoms with Crippen molar-refractivity contribution >= 4 is 11.0 Å². The predicted molar refractivity (Wildman–Crippen MR) is 50.0 cm³/mol. The molecule has 0 aliphatic heterocycles. The lowest BCUT2D eigenvalue weighted by molar-refractivity contribution is 0.431. The van der Waals surface area contributed by atoms with Crippen molar-refractivity contribution in [1.29, 1.82) is 0 Å². The van der Waals surface area contributed by atoms with Gasteiger partial charge in [-0.1, -0.05) is 0 Å². The lowest BCUT2D eigenvalue weighted by Gasteiger charge is -2.02. The average Bonchev–Trinajstić information content (AvgIpc) is 2.87. The zero-order valence-corrected chi connectivity index (χ0v) is 7.80. The summed E-state index contributed by atoms with van der Waals surface area (Å²) < 4.78 is 1.96. The fraction of sp³-hybridized carbons (Fsp3) is 0.444. The number of fused-ring (bicyclic) bond motifs is 1. The molecule has 1 aliphatic rings. The summed E-state index contributed by atoms with van der Waals surface area (Å²) in [5.74, 6) is 0. The van der Waals surface area contributed by atoms with Crippen molar-refractivity contribution in [3.8, 4) is 6.01 Å². The molecule has 3 rings (SSSR count). The van der Waals surface area contributed by atoms with Crippen molar-refractivity contribution in [2.75, 3.05) is 0 Å². The Morgan fingerprint density at radius 1 is 1.43 bits per heavy atom. The summed E-state index contributed by atoms with van der Waals surface area (Å²) in [5.41, 5.74) is 2.46. The minimum Gasteiger partial charge on any atom is -0.479 e. The van der Waals surface area contributed by atoms with Crippen LogP contribution in [0.25, 0.3) is 11.0 Å². The smallest absolute Gasteiger partial charge is 0.314 e. The van der Waals surface area contributed by atoms with Gasteiger partial charge in [0.15, 0.2) is 0 Å². The first-order valence-corrected chi connectivity index (χ1v) is 4.66. The van der Waals surface area contributed by atoms with Gasteiger partial charge in [-0.3, -0.25) is 4.68 Å². The quantitative estimate of drug-likeness (QED) is 0.733. The summed E-state index contributed by atoms with van der Waals surface area (Å²) in [5, 5.41) is 13.5. The van der Waals surface area contributed by atoms with Crippen LogP contribution in [0.1, 0.15) is 24.6 Å². The third kappa shape index (κ3) is 0.982.